The van der Waals surface area contributed by atoms with Crippen LogP contribution in [0.3, 0.4) is 0 Å². The molecule has 0 aromatic heterocycles. The molecule has 13 heavy (non-hydrogen) atoms. The first-order valence-corrected chi connectivity index (χ1v) is 4.23. The summed E-state index contributed by atoms with van der Waals surface area (Å²) in [7, 11) is 0. The van der Waals surface area contributed by atoms with E-state index in [9.17, 15) is 13.6 Å². The summed E-state index contributed by atoms with van der Waals surface area (Å²) in [4.78, 5) is 11.1. The first-order valence-electron chi connectivity index (χ1n) is 3.70. The van der Waals surface area contributed by atoms with Crippen molar-refractivity contribution >= 4 is 17.4 Å². The Morgan fingerprint density at radius 1 is 1.31 bits per heavy atom. The molecule has 4 heteroatoms. The molecule has 1 rings (SSSR count). The summed E-state index contributed by atoms with van der Waals surface area (Å²) in [6.07, 6.45) is -0.0561. The smallest absolute Gasteiger partial charge is 0.169 e. The molecule has 1 nitrogen and oxygen atoms in total. The molecule has 0 N–H and O–H groups in total. The highest BCUT2D eigenvalue weighted by Crippen LogP contribution is 2.14. The summed E-state index contributed by atoms with van der Waals surface area (Å²) >= 11 is 5.29. The zero-order valence-corrected chi connectivity index (χ0v) is 7.44. The summed E-state index contributed by atoms with van der Waals surface area (Å²) in [5, 5.41) is 0. The SMILES string of the molecule is O=C(CCCl)c1c(F)cccc1F. The van der Waals surface area contributed by atoms with E-state index in [2.05, 4.69) is 0 Å². The summed E-state index contributed by atoms with van der Waals surface area (Å²) in [5.74, 6) is -2.22. The molecule has 0 heterocycles. The van der Waals surface area contributed by atoms with Gasteiger partial charge in [0.1, 0.15) is 11.6 Å². The van der Waals surface area contributed by atoms with Gasteiger partial charge in [-0.15, -0.1) is 11.6 Å². The molecule has 0 spiro atoms. The number of ketones is 1. The van der Waals surface area contributed by atoms with Crippen LogP contribution in [0.2, 0.25) is 0 Å². The van der Waals surface area contributed by atoms with Crippen LogP contribution in [0.15, 0.2) is 18.2 Å². The van der Waals surface area contributed by atoms with E-state index in [-0.39, 0.29) is 12.3 Å². The molecule has 0 atom stereocenters. The lowest BCUT2D eigenvalue weighted by atomic mass is 10.1. The van der Waals surface area contributed by atoms with Gasteiger partial charge in [0.2, 0.25) is 0 Å². The van der Waals surface area contributed by atoms with Gasteiger partial charge in [-0.1, -0.05) is 6.07 Å². The van der Waals surface area contributed by atoms with Gasteiger partial charge in [0.15, 0.2) is 5.78 Å². The molecular formula is C9H7ClF2O. The third kappa shape index (κ3) is 2.25. The molecule has 0 amide bonds. The van der Waals surface area contributed by atoms with Crippen molar-refractivity contribution in [3.63, 3.8) is 0 Å². The first kappa shape index (κ1) is 10.1. The highest BCUT2D eigenvalue weighted by molar-refractivity contribution is 6.19. The fourth-order valence-corrected chi connectivity index (χ4v) is 1.15. The summed E-state index contributed by atoms with van der Waals surface area (Å²) in [6.45, 7) is 0. The highest BCUT2D eigenvalue weighted by atomic mass is 35.5. The van der Waals surface area contributed by atoms with Crippen molar-refractivity contribution < 1.29 is 13.6 Å². The lowest BCUT2D eigenvalue weighted by Gasteiger charge is -2.01. The highest BCUT2D eigenvalue weighted by Gasteiger charge is 2.15. The minimum absolute atomic E-state index is 0.0561. The molecule has 0 fully saturated rings. The van der Waals surface area contributed by atoms with E-state index < -0.39 is 23.0 Å². The molecule has 0 bridgehead atoms. The van der Waals surface area contributed by atoms with Crippen LogP contribution in [0.5, 0.6) is 0 Å². The molecule has 0 aliphatic heterocycles. The Labute approximate surface area is 79.3 Å². The Kier molecular flexibility index (Phi) is 3.37. The van der Waals surface area contributed by atoms with Crippen LogP contribution in [-0.2, 0) is 0 Å². The predicted molar refractivity (Wildman–Crippen MR) is 46.0 cm³/mol. The Morgan fingerprint density at radius 3 is 2.31 bits per heavy atom. The molecule has 0 saturated heterocycles. The summed E-state index contributed by atoms with van der Waals surface area (Å²) in [5.41, 5.74) is -0.497. The lowest BCUT2D eigenvalue weighted by Crippen LogP contribution is -2.06. The Hall–Kier alpha value is -0.960. The molecule has 0 aliphatic rings. The third-order valence-corrected chi connectivity index (χ3v) is 1.75. The first-order chi connectivity index (χ1) is 6.16. The molecule has 0 aliphatic carbocycles. The van der Waals surface area contributed by atoms with Crippen molar-refractivity contribution in [1.82, 2.24) is 0 Å². The van der Waals surface area contributed by atoms with Gasteiger partial charge in [0.25, 0.3) is 0 Å². The van der Waals surface area contributed by atoms with Gasteiger partial charge >= 0.3 is 0 Å². The second kappa shape index (κ2) is 4.33. The zero-order valence-electron chi connectivity index (χ0n) is 6.69. The second-order valence-corrected chi connectivity index (χ2v) is 2.84. The second-order valence-electron chi connectivity index (χ2n) is 2.46. The average Bonchev–Trinajstić information content (AvgIpc) is 2.04. The maximum atomic E-state index is 12.9. The minimum Gasteiger partial charge on any atom is -0.294 e. The van der Waals surface area contributed by atoms with Crippen molar-refractivity contribution in [2.45, 2.75) is 6.42 Å². The molecular weight excluding hydrogens is 198 g/mol. The zero-order chi connectivity index (χ0) is 9.84. The topological polar surface area (TPSA) is 17.1 Å². The number of Topliss-reactive ketones (excluding diaryl/α,β-unsaturated/α-hetero) is 1. The number of carbonyl (C=O) groups is 1. The van der Waals surface area contributed by atoms with Crippen LogP contribution in [0, 0.1) is 11.6 Å². The van der Waals surface area contributed by atoms with Crippen LogP contribution >= 0.6 is 11.6 Å². The van der Waals surface area contributed by atoms with Crippen molar-refractivity contribution in [1.29, 1.82) is 0 Å². The molecule has 1 aromatic rings. The van der Waals surface area contributed by atoms with Gasteiger partial charge in [0, 0.05) is 12.3 Å². The van der Waals surface area contributed by atoms with E-state index >= 15 is 0 Å². The molecule has 0 radical (unpaired) electrons. The fraction of sp³-hybridized carbons (Fsp3) is 0.222. The van der Waals surface area contributed by atoms with Crippen LogP contribution in [0.4, 0.5) is 8.78 Å². The average molecular weight is 205 g/mol. The number of rotatable bonds is 3. The van der Waals surface area contributed by atoms with E-state index in [1.165, 1.54) is 6.07 Å². The fourth-order valence-electron chi connectivity index (χ4n) is 0.975. The van der Waals surface area contributed by atoms with Crippen LogP contribution in [0.25, 0.3) is 0 Å². The molecule has 0 saturated carbocycles. The van der Waals surface area contributed by atoms with Crippen LogP contribution < -0.4 is 0 Å². The van der Waals surface area contributed by atoms with E-state index in [1.807, 2.05) is 0 Å². The summed E-state index contributed by atoms with van der Waals surface area (Å²) < 4.78 is 25.8. The van der Waals surface area contributed by atoms with Crippen LogP contribution in [0.1, 0.15) is 16.8 Å². The van der Waals surface area contributed by atoms with E-state index in [4.69, 9.17) is 11.6 Å². The Bertz CT molecular complexity index is 305. The molecule has 0 unspecified atom stereocenters. The molecule has 70 valence electrons. The summed E-state index contributed by atoms with van der Waals surface area (Å²) in [6, 6.07) is 3.30. The van der Waals surface area contributed by atoms with Crippen LogP contribution in [-0.4, -0.2) is 11.7 Å². The van der Waals surface area contributed by atoms with Gasteiger partial charge < -0.3 is 0 Å². The standard InChI is InChI=1S/C9H7ClF2O/c10-5-4-8(13)9-6(11)2-1-3-7(9)12/h1-3H,4-5H2. The number of hydrogen-bond acceptors (Lipinski definition) is 1. The maximum Gasteiger partial charge on any atom is 0.169 e. The van der Waals surface area contributed by atoms with Crippen molar-refractivity contribution in [2.75, 3.05) is 5.88 Å². The third-order valence-electron chi connectivity index (χ3n) is 1.56. The molecule has 1 aromatic carbocycles. The number of carbonyl (C=O) groups excluding carboxylic acids is 1. The Morgan fingerprint density at radius 2 is 1.85 bits per heavy atom. The normalized spacial score (nSPS) is 10.1. The predicted octanol–water partition coefficient (Wildman–Crippen LogP) is 2.78. The largest absolute Gasteiger partial charge is 0.294 e. The maximum absolute atomic E-state index is 12.9. The number of hydrogen-bond donors (Lipinski definition) is 0. The Balaban J connectivity index is 3.05. The van der Waals surface area contributed by atoms with E-state index in [0.29, 0.717) is 0 Å². The van der Waals surface area contributed by atoms with Crippen molar-refractivity contribution in [2.24, 2.45) is 0 Å². The number of halogens is 3. The van der Waals surface area contributed by atoms with Gasteiger partial charge in [-0.3, -0.25) is 4.79 Å². The van der Waals surface area contributed by atoms with Gasteiger partial charge in [0.05, 0.1) is 5.56 Å². The van der Waals surface area contributed by atoms with Crippen molar-refractivity contribution in [3.05, 3.63) is 35.4 Å². The number of benzene rings is 1. The van der Waals surface area contributed by atoms with Gasteiger partial charge in [-0.2, -0.15) is 0 Å². The van der Waals surface area contributed by atoms with E-state index in [1.54, 1.807) is 0 Å². The van der Waals surface area contributed by atoms with Gasteiger partial charge in [-0.05, 0) is 12.1 Å². The number of alkyl halides is 1. The monoisotopic (exact) mass is 204 g/mol. The van der Waals surface area contributed by atoms with Gasteiger partial charge in [-0.25, -0.2) is 8.78 Å². The minimum atomic E-state index is -0.838. The van der Waals surface area contributed by atoms with E-state index in [0.717, 1.165) is 12.1 Å². The quantitative estimate of drug-likeness (QED) is 0.547. The van der Waals surface area contributed by atoms with Crippen molar-refractivity contribution in [3.8, 4) is 0 Å². The lowest BCUT2D eigenvalue weighted by molar-refractivity contribution is 0.0981.